The number of aliphatic hydroxyl groups excluding tert-OH is 1. The van der Waals surface area contributed by atoms with Crippen molar-refractivity contribution in [3.05, 3.63) is 93.5 Å². The number of non-ortho nitro benzene ring substituents is 1. The van der Waals surface area contributed by atoms with E-state index in [0.29, 0.717) is 33.8 Å². The number of ether oxygens (including phenoxy) is 1. The van der Waals surface area contributed by atoms with Gasteiger partial charge in [-0.25, -0.2) is 0 Å². The topological polar surface area (TPSA) is 168 Å². The maximum absolute atomic E-state index is 14.4. The predicted octanol–water partition coefficient (Wildman–Crippen LogP) is 4.16. The molecule has 42 heavy (non-hydrogen) atoms. The van der Waals surface area contributed by atoms with E-state index in [0.717, 1.165) is 0 Å². The molecule has 0 bridgehead atoms. The molecule has 2 aliphatic rings. The molecule has 5 rings (SSSR count). The first-order chi connectivity index (χ1) is 19.9. The summed E-state index contributed by atoms with van der Waals surface area (Å²) >= 11 is 0. The van der Waals surface area contributed by atoms with Crippen molar-refractivity contribution in [3.63, 3.8) is 0 Å². The minimum Gasteiger partial charge on any atom is -0.432 e. The van der Waals surface area contributed by atoms with Gasteiger partial charge in [0.25, 0.3) is 17.5 Å². The van der Waals surface area contributed by atoms with Crippen LogP contribution in [0.15, 0.2) is 66.7 Å². The monoisotopic (exact) mass is 590 g/mol. The van der Waals surface area contributed by atoms with Gasteiger partial charge in [-0.15, -0.1) is 0 Å². The van der Waals surface area contributed by atoms with E-state index in [1.807, 2.05) is 13.0 Å². The summed E-state index contributed by atoms with van der Waals surface area (Å²) in [6.45, 7) is 5.31. The Morgan fingerprint density at radius 2 is 1.88 bits per heavy atom. The van der Waals surface area contributed by atoms with Crippen molar-refractivity contribution in [1.82, 2.24) is 0 Å². The highest BCUT2D eigenvalue weighted by Gasteiger charge is 2.66. The third-order valence-corrected chi connectivity index (χ3v) is 10.8. The predicted molar refractivity (Wildman–Crippen MR) is 160 cm³/mol. The smallest absolute Gasteiger partial charge is 0.269 e. The molecule has 2 amide bonds. The summed E-state index contributed by atoms with van der Waals surface area (Å²) in [6, 6.07) is 17.9. The fourth-order valence-corrected chi connectivity index (χ4v) is 9.10. The second-order valence-corrected chi connectivity index (χ2v) is 15.5. The number of nitrogens with two attached hydrogens (primary N) is 1. The number of benzene rings is 3. The van der Waals surface area contributed by atoms with Crippen LogP contribution in [0.5, 0.6) is 0 Å². The number of rotatable bonds is 8. The quantitative estimate of drug-likeness (QED) is 0.131. The van der Waals surface area contributed by atoms with Crippen LogP contribution in [0.1, 0.15) is 34.8 Å². The van der Waals surface area contributed by atoms with E-state index in [-0.39, 0.29) is 37.1 Å². The van der Waals surface area contributed by atoms with E-state index in [2.05, 4.69) is 5.32 Å². The molecule has 220 valence electrons. The average molecular weight is 591 g/mol. The number of anilines is 3. The summed E-state index contributed by atoms with van der Waals surface area (Å²) in [7, 11) is -2.91. The highest BCUT2D eigenvalue weighted by atomic mass is 28.4. The highest BCUT2D eigenvalue weighted by molar-refractivity contribution is 6.71. The number of aliphatic hydroxyl groups is 1. The molecule has 3 aromatic carbocycles. The van der Waals surface area contributed by atoms with E-state index in [1.165, 1.54) is 12.1 Å². The molecule has 0 unspecified atom stereocenters. The Kier molecular flexibility index (Phi) is 7.66. The van der Waals surface area contributed by atoms with Crippen molar-refractivity contribution in [2.45, 2.75) is 50.2 Å². The number of hydrogen-bond acceptors (Lipinski definition) is 8. The summed E-state index contributed by atoms with van der Waals surface area (Å²) in [6.07, 6.45) is -0.374. The Labute approximate surface area is 244 Å². The summed E-state index contributed by atoms with van der Waals surface area (Å²) in [4.78, 5) is 51.1. The van der Waals surface area contributed by atoms with Gasteiger partial charge in [0, 0.05) is 52.7 Å². The first-order valence-electron chi connectivity index (χ1n) is 13.7. The first-order valence-corrected chi connectivity index (χ1v) is 16.8. The van der Waals surface area contributed by atoms with Crippen LogP contribution in [0.3, 0.4) is 0 Å². The number of nitro benzene ring substituents is 1. The standard InChI is InChI=1S/C30H34N4O7Si/c1-18-27(42(2,3)40)26(13-14-35)41-30(18)24-16-23(34(38)39)11-12-25(24)33(29(30)37)17-19-5-4-6-22(15-19)32-28(36)20-7-9-21(31)10-8-20/h4-12,15-16,18,26-27,35,40H,13-14,17,31H2,1-3H3,(H,32,36)/t18-,26+,27-,30+/m1/s1. The molecule has 4 atom stereocenters. The molecule has 1 spiro atoms. The first kappa shape index (κ1) is 29.4. The summed E-state index contributed by atoms with van der Waals surface area (Å²) in [5.74, 6) is -1.21. The Bertz CT molecular complexity index is 1540. The van der Waals surface area contributed by atoms with E-state index in [4.69, 9.17) is 10.5 Å². The third-order valence-electron chi connectivity index (χ3n) is 8.29. The van der Waals surface area contributed by atoms with Gasteiger partial charge in [-0.05, 0) is 67.5 Å². The molecule has 0 radical (unpaired) electrons. The molecule has 5 N–H and O–H groups in total. The van der Waals surface area contributed by atoms with Gasteiger partial charge in [0.2, 0.25) is 0 Å². The van der Waals surface area contributed by atoms with Gasteiger partial charge >= 0.3 is 0 Å². The lowest BCUT2D eigenvalue weighted by Gasteiger charge is -2.32. The minimum absolute atomic E-state index is 0.113. The lowest BCUT2D eigenvalue weighted by Crippen LogP contribution is -2.46. The number of amides is 2. The molecule has 11 nitrogen and oxygen atoms in total. The number of fused-ring (bicyclic) bond motifs is 2. The minimum atomic E-state index is -2.91. The average Bonchev–Trinajstić information content (AvgIpc) is 3.35. The van der Waals surface area contributed by atoms with Crippen LogP contribution >= 0.6 is 0 Å². The van der Waals surface area contributed by atoms with Crippen LogP contribution in [-0.2, 0) is 21.7 Å². The molecule has 1 saturated heterocycles. The maximum Gasteiger partial charge on any atom is 0.269 e. The Balaban J connectivity index is 1.51. The van der Waals surface area contributed by atoms with Crippen molar-refractivity contribution >= 4 is 42.9 Å². The van der Waals surface area contributed by atoms with Gasteiger partial charge in [0.15, 0.2) is 13.9 Å². The zero-order chi connectivity index (χ0) is 30.4. The fourth-order valence-electron chi connectivity index (χ4n) is 6.50. The van der Waals surface area contributed by atoms with Crippen molar-refractivity contribution in [2.24, 2.45) is 5.92 Å². The number of carbonyl (C=O) groups excluding carboxylic acids is 2. The van der Waals surface area contributed by atoms with Crippen molar-refractivity contribution in [3.8, 4) is 0 Å². The number of carbonyl (C=O) groups is 2. The molecule has 2 heterocycles. The van der Waals surface area contributed by atoms with Gasteiger partial charge < -0.3 is 30.6 Å². The van der Waals surface area contributed by atoms with Crippen molar-refractivity contribution in [2.75, 3.05) is 22.6 Å². The second kappa shape index (κ2) is 10.9. The Morgan fingerprint density at radius 3 is 2.52 bits per heavy atom. The van der Waals surface area contributed by atoms with Crippen LogP contribution in [0.2, 0.25) is 18.6 Å². The number of nitro groups is 1. The van der Waals surface area contributed by atoms with Crippen LogP contribution < -0.4 is 16.0 Å². The molecule has 0 saturated carbocycles. The summed E-state index contributed by atoms with van der Waals surface area (Å²) in [5.41, 5.74) is 6.69. The molecule has 12 heteroatoms. The van der Waals surface area contributed by atoms with Gasteiger partial charge in [0.05, 0.1) is 23.3 Å². The Hall–Kier alpha value is -4.10. The number of nitrogens with zero attached hydrogens (tertiary/aromatic N) is 2. The number of nitrogen functional groups attached to an aromatic ring is 1. The molecule has 2 aliphatic heterocycles. The summed E-state index contributed by atoms with van der Waals surface area (Å²) < 4.78 is 6.51. The van der Waals surface area contributed by atoms with Crippen LogP contribution in [0, 0.1) is 16.0 Å². The largest absolute Gasteiger partial charge is 0.432 e. The third kappa shape index (κ3) is 5.07. The van der Waals surface area contributed by atoms with Gasteiger partial charge in [-0.2, -0.15) is 0 Å². The van der Waals surface area contributed by atoms with Gasteiger partial charge in [0.1, 0.15) is 0 Å². The molecular weight excluding hydrogens is 556 g/mol. The highest BCUT2D eigenvalue weighted by Crippen LogP contribution is 2.60. The van der Waals surface area contributed by atoms with E-state index >= 15 is 0 Å². The molecular formula is C30H34N4O7Si. The zero-order valence-electron chi connectivity index (χ0n) is 23.6. The molecule has 0 aromatic heterocycles. The molecule has 1 fully saturated rings. The van der Waals surface area contributed by atoms with E-state index in [1.54, 1.807) is 66.5 Å². The lowest BCUT2D eigenvalue weighted by molar-refractivity contribution is -0.385. The fraction of sp³-hybridized carbons (Fsp3) is 0.333. The van der Waals surface area contributed by atoms with Gasteiger partial charge in [-0.1, -0.05) is 19.1 Å². The summed E-state index contributed by atoms with van der Waals surface area (Å²) in [5, 5.41) is 24.4. The second-order valence-electron chi connectivity index (χ2n) is 11.5. The van der Waals surface area contributed by atoms with Crippen LogP contribution in [0.25, 0.3) is 0 Å². The van der Waals surface area contributed by atoms with Crippen molar-refractivity contribution in [1.29, 1.82) is 0 Å². The molecule has 0 aliphatic carbocycles. The number of hydrogen-bond donors (Lipinski definition) is 4. The van der Waals surface area contributed by atoms with E-state index in [9.17, 15) is 29.6 Å². The van der Waals surface area contributed by atoms with Crippen LogP contribution in [0.4, 0.5) is 22.7 Å². The molecule has 3 aromatic rings. The Morgan fingerprint density at radius 1 is 1.17 bits per heavy atom. The van der Waals surface area contributed by atoms with Crippen molar-refractivity contribution < 1.29 is 29.2 Å². The van der Waals surface area contributed by atoms with E-state index < -0.39 is 36.4 Å². The zero-order valence-corrected chi connectivity index (χ0v) is 24.6. The maximum atomic E-state index is 14.4. The normalized spacial score (nSPS) is 23.3. The SMILES string of the molecule is C[C@@H]1[C@@H]([Si](C)(C)O)[C@H](CCO)O[C@@]12C(=O)N(Cc1cccc(NC(=O)c3ccc(N)cc3)c1)c1ccc([N+](=O)[O-])cc12. The van der Waals surface area contributed by atoms with Crippen LogP contribution in [-0.4, -0.2) is 47.7 Å². The lowest BCUT2D eigenvalue weighted by atomic mass is 9.82. The van der Waals surface area contributed by atoms with Gasteiger partial charge in [-0.3, -0.25) is 19.7 Å². The number of nitrogens with one attached hydrogen (secondary N) is 1.